The molecule has 0 aromatic heterocycles. The average Bonchev–Trinajstić information content (AvgIpc) is 2.86. The van der Waals surface area contributed by atoms with E-state index < -0.39 is 6.09 Å². The molecule has 18 heavy (non-hydrogen) atoms. The molecule has 2 atom stereocenters. The molecule has 1 aromatic rings. The molecule has 98 valence electrons. The Kier molecular flexibility index (Phi) is 4.42. The third kappa shape index (κ3) is 2.76. The van der Waals surface area contributed by atoms with Crippen LogP contribution in [0.4, 0.5) is 10.5 Å². The smallest absolute Gasteiger partial charge is 0.411 e. The fourth-order valence-electron chi connectivity index (χ4n) is 1.80. The molecule has 2 N–H and O–H groups in total. The molecule has 6 heteroatoms. The molecule has 4 nitrogen and oxygen atoms in total. The third-order valence-corrected chi connectivity index (χ3v) is 6.10. The van der Waals surface area contributed by atoms with Gasteiger partial charge in [0.15, 0.2) is 0 Å². The Morgan fingerprint density at radius 3 is 2.83 bits per heavy atom. The number of carbonyl (C=O) groups is 1. The molecule has 1 saturated heterocycles. The number of aliphatic hydroxyl groups excluding tert-OH is 1. The van der Waals surface area contributed by atoms with Crippen molar-refractivity contribution >= 4 is 35.3 Å². The summed E-state index contributed by atoms with van der Waals surface area (Å²) < 4.78 is 0.195. The molecule has 1 aliphatic rings. The zero-order valence-corrected chi connectivity index (χ0v) is 11.6. The lowest BCUT2D eigenvalue weighted by atomic mass is 10.2. The van der Waals surface area contributed by atoms with E-state index in [-0.39, 0.29) is 16.4 Å². The highest BCUT2D eigenvalue weighted by atomic mass is 32.2. The van der Waals surface area contributed by atoms with E-state index >= 15 is 0 Å². The molecule has 1 heterocycles. The Morgan fingerprint density at radius 2 is 2.22 bits per heavy atom. The predicted octanol–water partition coefficient (Wildman–Crippen LogP) is 2.64. The van der Waals surface area contributed by atoms with Gasteiger partial charge in [0.1, 0.15) is 0 Å². The number of hydrogen-bond acceptors (Lipinski definition) is 4. The van der Waals surface area contributed by atoms with Gasteiger partial charge in [0.05, 0.1) is 16.9 Å². The fraction of sp³-hybridized carbons (Fsp3) is 0.417. The van der Waals surface area contributed by atoms with Gasteiger partial charge in [0, 0.05) is 18.1 Å². The zero-order chi connectivity index (χ0) is 13.1. The Labute approximate surface area is 114 Å². The Balaban J connectivity index is 2.25. The van der Waals surface area contributed by atoms with Crippen molar-refractivity contribution in [2.24, 2.45) is 0 Å². The van der Waals surface area contributed by atoms with E-state index in [9.17, 15) is 4.79 Å². The Hall–Kier alpha value is -0.850. The molecule has 1 aromatic carbocycles. The minimum Gasteiger partial charge on any atom is -0.465 e. The minimum absolute atomic E-state index is 0.172. The molecule has 0 radical (unpaired) electrons. The maximum atomic E-state index is 11.1. The van der Waals surface area contributed by atoms with E-state index in [0.717, 1.165) is 11.3 Å². The highest BCUT2D eigenvalue weighted by Crippen LogP contribution is 2.51. The predicted molar refractivity (Wildman–Crippen MR) is 76.5 cm³/mol. The first kappa shape index (κ1) is 13.6. The molecule has 1 fully saturated rings. The Bertz CT molecular complexity index is 441. The quantitative estimate of drug-likeness (QED) is 0.894. The molecule has 0 saturated carbocycles. The Morgan fingerprint density at radius 1 is 1.50 bits per heavy atom. The number of benzene rings is 1. The number of carboxylic acid groups (broad SMARTS) is 1. The second-order valence-corrected chi connectivity index (χ2v) is 6.85. The zero-order valence-electron chi connectivity index (χ0n) is 9.94. The van der Waals surface area contributed by atoms with Gasteiger partial charge in [0.2, 0.25) is 0 Å². The maximum Gasteiger partial charge on any atom is 0.411 e. The number of nitrogens with zero attached hydrogens (tertiary/aromatic N) is 1. The number of anilines is 1. The first-order chi connectivity index (χ1) is 8.63. The first-order valence-electron chi connectivity index (χ1n) is 5.57. The standard InChI is InChI=1S/C12H15NO3S2/c1-13(12(15)16)10-5-3-2-4-9(10)11-17-7-8(6-14)18-11/h2-5,8,11,14H,6-7H2,1H3,(H,15,16). The van der Waals surface area contributed by atoms with Gasteiger partial charge in [-0.1, -0.05) is 18.2 Å². The van der Waals surface area contributed by atoms with Crippen LogP contribution in [0.25, 0.3) is 0 Å². The van der Waals surface area contributed by atoms with Gasteiger partial charge in [-0.15, -0.1) is 23.5 Å². The van der Waals surface area contributed by atoms with E-state index in [2.05, 4.69) is 0 Å². The number of aliphatic hydroxyl groups is 1. The van der Waals surface area contributed by atoms with Crippen molar-refractivity contribution in [2.45, 2.75) is 9.83 Å². The number of thioether (sulfide) groups is 2. The molecular weight excluding hydrogens is 270 g/mol. The SMILES string of the molecule is CN(C(=O)O)c1ccccc1C1SCC(CO)S1. The van der Waals surface area contributed by atoms with E-state index in [1.165, 1.54) is 4.90 Å². The van der Waals surface area contributed by atoms with Gasteiger partial charge < -0.3 is 10.2 Å². The second-order valence-electron chi connectivity index (χ2n) is 4.01. The molecule has 0 bridgehead atoms. The summed E-state index contributed by atoms with van der Waals surface area (Å²) in [6, 6.07) is 7.53. The summed E-state index contributed by atoms with van der Waals surface area (Å²) in [5.41, 5.74) is 1.72. The van der Waals surface area contributed by atoms with E-state index in [4.69, 9.17) is 10.2 Å². The van der Waals surface area contributed by atoms with E-state index in [1.54, 1.807) is 30.6 Å². The van der Waals surface area contributed by atoms with Gasteiger partial charge in [-0.25, -0.2) is 4.79 Å². The lowest BCUT2D eigenvalue weighted by Gasteiger charge is -2.20. The summed E-state index contributed by atoms with van der Waals surface area (Å²) in [6.45, 7) is 0.172. The van der Waals surface area contributed by atoms with Gasteiger partial charge in [0.25, 0.3) is 0 Å². The van der Waals surface area contributed by atoms with Crippen LogP contribution in [0, 0.1) is 0 Å². The summed E-state index contributed by atoms with van der Waals surface area (Å²) in [4.78, 5) is 12.3. The van der Waals surface area contributed by atoms with Crippen LogP contribution in [0.15, 0.2) is 24.3 Å². The van der Waals surface area contributed by atoms with E-state index in [0.29, 0.717) is 5.69 Å². The number of amides is 1. The molecular formula is C12H15NO3S2. The van der Waals surface area contributed by atoms with Gasteiger partial charge >= 0.3 is 6.09 Å². The van der Waals surface area contributed by atoms with Crippen LogP contribution in [-0.4, -0.2) is 41.0 Å². The number of para-hydroxylation sites is 1. The molecule has 1 amide bonds. The largest absolute Gasteiger partial charge is 0.465 e. The normalized spacial score (nSPS) is 23.0. The van der Waals surface area contributed by atoms with Crippen molar-refractivity contribution in [1.82, 2.24) is 0 Å². The van der Waals surface area contributed by atoms with E-state index in [1.807, 2.05) is 24.3 Å². The lowest BCUT2D eigenvalue weighted by molar-refractivity contribution is 0.203. The minimum atomic E-state index is -0.964. The molecule has 1 aliphatic heterocycles. The average molecular weight is 285 g/mol. The fourth-order valence-corrected chi connectivity index (χ4v) is 5.03. The van der Waals surface area contributed by atoms with Crippen LogP contribution in [0.1, 0.15) is 10.1 Å². The molecule has 0 spiro atoms. The molecule has 0 aliphatic carbocycles. The van der Waals surface area contributed by atoms with Crippen LogP contribution >= 0.6 is 23.5 Å². The monoisotopic (exact) mass is 285 g/mol. The van der Waals surface area contributed by atoms with Crippen LogP contribution in [0.2, 0.25) is 0 Å². The maximum absolute atomic E-state index is 11.1. The van der Waals surface area contributed by atoms with Crippen molar-refractivity contribution < 1.29 is 15.0 Å². The topological polar surface area (TPSA) is 60.8 Å². The summed E-state index contributed by atoms with van der Waals surface area (Å²) in [5.74, 6) is 0.900. The van der Waals surface area contributed by atoms with Crippen molar-refractivity contribution in [2.75, 3.05) is 24.3 Å². The second kappa shape index (κ2) is 5.86. The van der Waals surface area contributed by atoms with Gasteiger partial charge in [-0.3, -0.25) is 4.90 Å². The van der Waals surface area contributed by atoms with Crippen LogP contribution in [-0.2, 0) is 0 Å². The molecule has 2 unspecified atom stereocenters. The highest BCUT2D eigenvalue weighted by Gasteiger charge is 2.29. The third-order valence-electron chi connectivity index (χ3n) is 2.79. The van der Waals surface area contributed by atoms with Crippen LogP contribution in [0.3, 0.4) is 0 Å². The van der Waals surface area contributed by atoms with Crippen molar-refractivity contribution in [3.63, 3.8) is 0 Å². The van der Waals surface area contributed by atoms with Crippen molar-refractivity contribution in [1.29, 1.82) is 0 Å². The number of rotatable bonds is 3. The summed E-state index contributed by atoms with van der Waals surface area (Å²) in [6.07, 6.45) is -0.964. The highest BCUT2D eigenvalue weighted by molar-refractivity contribution is 8.19. The summed E-state index contributed by atoms with van der Waals surface area (Å²) in [7, 11) is 1.55. The summed E-state index contributed by atoms with van der Waals surface area (Å²) >= 11 is 3.46. The van der Waals surface area contributed by atoms with Crippen molar-refractivity contribution in [3.8, 4) is 0 Å². The van der Waals surface area contributed by atoms with Crippen LogP contribution in [0.5, 0.6) is 0 Å². The molecule has 2 rings (SSSR count). The first-order valence-corrected chi connectivity index (χ1v) is 7.56. The van der Waals surface area contributed by atoms with Crippen LogP contribution < -0.4 is 4.90 Å². The number of hydrogen-bond donors (Lipinski definition) is 2. The summed E-state index contributed by atoms with van der Waals surface area (Å²) in [5, 5.41) is 18.5. The van der Waals surface area contributed by atoms with Gasteiger partial charge in [-0.05, 0) is 11.6 Å². The lowest BCUT2D eigenvalue weighted by Crippen LogP contribution is -2.25. The van der Waals surface area contributed by atoms with Gasteiger partial charge in [-0.2, -0.15) is 0 Å². The van der Waals surface area contributed by atoms with Crippen molar-refractivity contribution in [3.05, 3.63) is 29.8 Å².